The van der Waals surface area contributed by atoms with Crippen molar-refractivity contribution in [2.24, 2.45) is 0 Å². The molecule has 5 heteroatoms. The Labute approximate surface area is 136 Å². The monoisotopic (exact) mass is 371 g/mol. The summed E-state index contributed by atoms with van der Waals surface area (Å²) >= 11 is 11.1. The van der Waals surface area contributed by atoms with Gasteiger partial charge in [-0.1, -0.05) is 27.5 Å². The Morgan fingerprint density at radius 3 is 3.05 bits per heavy atom. The van der Waals surface area contributed by atoms with E-state index in [9.17, 15) is 0 Å². The Kier molecular flexibility index (Phi) is 4.66. The first-order valence-electron chi connectivity index (χ1n) is 6.61. The number of benzene rings is 1. The predicted molar refractivity (Wildman–Crippen MR) is 88.2 cm³/mol. The van der Waals surface area contributed by atoms with E-state index < -0.39 is 0 Å². The largest absolute Gasteiger partial charge is 0.488 e. The summed E-state index contributed by atoms with van der Waals surface area (Å²) in [4.78, 5) is 1.32. The van der Waals surface area contributed by atoms with E-state index in [1.807, 2.05) is 18.2 Å². The molecule has 3 rings (SSSR count). The predicted octanol–water partition coefficient (Wildman–Crippen LogP) is 4.30. The Morgan fingerprint density at radius 1 is 1.35 bits per heavy atom. The minimum atomic E-state index is 0.242. The normalized spacial score (nSPS) is 17.0. The van der Waals surface area contributed by atoms with Crippen LogP contribution in [0.5, 0.6) is 5.75 Å². The van der Waals surface area contributed by atoms with E-state index in [0.717, 1.165) is 40.5 Å². The van der Waals surface area contributed by atoms with Crippen LogP contribution >= 0.6 is 38.9 Å². The molecule has 1 aliphatic rings. The van der Waals surface area contributed by atoms with Gasteiger partial charge in [-0.25, -0.2) is 0 Å². The molecule has 1 unspecified atom stereocenters. The highest BCUT2D eigenvalue weighted by atomic mass is 79.9. The number of ether oxygens (including phenoxy) is 1. The maximum absolute atomic E-state index is 5.92. The quantitative estimate of drug-likeness (QED) is 0.790. The Morgan fingerprint density at radius 2 is 2.25 bits per heavy atom. The SMILES string of the molecule is Clc1ccc(CCNCC2Cc3cc(Br)ccc3O2)s1. The number of rotatable bonds is 5. The van der Waals surface area contributed by atoms with Gasteiger partial charge in [-0.15, -0.1) is 11.3 Å². The van der Waals surface area contributed by atoms with Crippen LogP contribution in [0.15, 0.2) is 34.8 Å². The number of nitrogens with one attached hydrogen (secondary N) is 1. The van der Waals surface area contributed by atoms with Gasteiger partial charge in [0, 0.05) is 28.9 Å². The zero-order valence-electron chi connectivity index (χ0n) is 10.9. The van der Waals surface area contributed by atoms with Gasteiger partial charge in [-0.2, -0.15) is 0 Å². The summed E-state index contributed by atoms with van der Waals surface area (Å²) in [5.74, 6) is 1.02. The molecule has 2 aromatic rings. The van der Waals surface area contributed by atoms with E-state index in [1.165, 1.54) is 10.4 Å². The van der Waals surface area contributed by atoms with E-state index >= 15 is 0 Å². The van der Waals surface area contributed by atoms with Crippen LogP contribution < -0.4 is 10.1 Å². The van der Waals surface area contributed by atoms with Crippen LogP contribution in [-0.4, -0.2) is 19.2 Å². The number of hydrogen-bond donors (Lipinski definition) is 1. The minimum Gasteiger partial charge on any atom is -0.488 e. The first-order valence-corrected chi connectivity index (χ1v) is 8.59. The standard InChI is InChI=1S/C15H15BrClNOS/c16-11-1-3-14-10(7-11)8-12(19-14)9-18-6-5-13-2-4-15(17)20-13/h1-4,7,12,18H,5-6,8-9H2. The van der Waals surface area contributed by atoms with E-state index in [-0.39, 0.29) is 6.10 Å². The van der Waals surface area contributed by atoms with Crippen molar-refractivity contribution in [1.29, 1.82) is 0 Å². The zero-order chi connectivity index (χ0) is 13.9. The van der Waals surface area contributed by atoms with Crippen LogP contribution in [0.25, 0.3) is 0 Å². The van der Waals surface area contributed by atoms with Gasteiger partial charge in [0.25, 0.3) is 0 Å². The van der Waals surface area contributed by atoms with Gasteiger partial charge in [0.1, 0.15) is 11.9 Å². The van der Waals surface area contributed by atoms with Crippen molar-refractivity contribution >= 4 is 38.9 Å². The van der Waals surface area contributed by atoms with E-state index in [2.05, 4.69) is 33.4 Å². The summed E-state index contributed by atoms with van der Waals surface area (Å²) in [5.41, 5.74) is 1.29. The third-order valence-electron chi connectivity index (χ3n) is 3.31. The molecule has 0 amide bonds. The van der Waals surface area contributed by atoms with Crippen molar-refractivity contribution in [3.05, 3.63) is 49.6 Å². The average molecular weight is 373 g/mol. The summed E-state index contributed by atoms with van der Waals surface area (Å²) in [7, 11) is 0. The highest BCUT2D eigenvalue weighted by Gasteiger charge is 2.22. The van der Waals surface area contributed by atoms with E-state index in [4.69, 9.17) is 16.3 Å². The number of halogens is 2. The van der Waals surface area contributed by atoms with Gasteiger partial charge < -0.3 is 10.1 Å². The Balaban J connectivity index is 1.42. The van der Waals surface area contributed by atoms with E-state index in [0.29, 0.717) is 0 Å². The molecule has 1 aromatic heterocycles. The second kappa shape index (κ2) is 6.48. The molecular formula is C15H15BrClNOS. The summed E-state index contributed by atoms with van der Waals surface area (Å²) in [6.07, 6.45) is 2.24. The number of thiophene rings is 1. The van der Waals surface area contributed by atoms with Crippen molar-refractivity contribution in [3.8, 4) is 5.75 Å². The van der Waals surface area contributed by atoms with Crippen molar-refractivity contribution in [2.45, 2.75) is 18.9 Å². The fourth-order valence-corrected chi connectivity index (χ4v) is 3.86. The highest BCUT2D eigenvalue weighted by molar-refractivity contribution is 9.10. The van der Waals surface area contributed by atoms with Crippen molar-refractivity contribution < 1.29 is 4.74 Å². The van der Waals surface area contributed by atoms with Gasteiger partial charge in [-0.05, 0) is 42.3 Å². The molecule has 20 heavy (non-hydrogen) atoms. The van der Waals surface area contributed by atoms with Crippen LogP contribution in [0.2, 0.25) is 4.34 Å². The fourth-order valence-electron chi connectivity index (χ4n) is 2.36. The molecule has 1 N–H and O–H groups in total. The van der Waals surface area contributed by atoms with Gasteiger partial charge in [0.15, 0.2) is 0 Å². The van der Waals surface area contributed by atoms with Crippen molar-refractivity contribution in [2.75, 3.05) is 13.1 Å². The van der Waals surface area contributed by atoms with Crippen LogP contribution in [-0.2, 0) is 12.8 Å². The number of hydrogen-bond acceptors (Lipinski definition) is 3. The molecule has 0 radical (unpaired) electrons. The second-order valence-corrected chi connectivity index (χ2v) is 7.57. The van der Waals surface area contributed by atoms with Crippen molar-refractivity contribution in [3.63, 3.8) is 0 Å². The molecule has 0 fully saturated rings. The molecule has 106 valence electrons. The fraction of sp³-hybridized carbons (Fsp3) is 0.333. The lowest BCUT2D eigenvalue weighted by atomic mass is 10.1. The molecule has 1 aliphatic heterocycles. The molecule has 1 atom stereocenters. The molecule has 2 nitrogen and oxygen atoms in total. The van der Waals surface area contributed by atoms with Crippen LogP contribution in [0.4, 0.5) is 0 Å². The minimum absolute atomic E-state index is 0.242. The maximum atomic E-state index is 5.92. The molecule has 0 bridgehead atoms. The second-order valence-electron chi connectivity index (χ2n) is 4.86. The smallest absolute Gasteiger partial charge is 0.123 e. The summed E-state index contributed by atoms with van der Waals surface area (Å²) in [6.45, 7) is 1.84. The molecule has 0 saturated carbocycles. The summed E-state index contributed by atoms with van der Waals surface area (Å²) in [5, 5.41) is 3.46. The molecule has 0 aliphatic carbocycles. The first-order chi connectivity index (χ1) is 9.70. The lowest BCUT2D eigenvalue weighted by Crippen LogP contribution is -2.31. The third-order valence-corrected chi connectivity index (χ3v) is 5.10. The maximum Gasteiger partial charge on any atom is 0.123 e. The summed E-state index contributed by atoms with van der Waals surface area (Å²) < 4.78 is 7.89. The first kappa shape index (κ1) is 14.4. The van der Waals surface area contributed by atoms with E-state index in [1.54, 1.807) is 11.3 Å². The van der Waals surface area contributed by atoms with Gasteiger partial charge in [-0.3, -0.25) is 0 Å². The molecular weight excluding hydrogens is 358 g/mol. The van der Waals surface area contributed by atoms with Crippen LogP contribution in [0, 0.1) is 0 Å². The third kappa shape index (κ3) is 3.55. The topological polar surface area (TPSA) is 21.3 Å². The Hall–Kier alpha value is -0.550. The number of fused-ring (bicyclic) bond motifs is 1. The highest BCUT2D eigenvalue weighted by Crippen LogP contribution is 2.30. The molecule has 0 saturated heterocycles. The van der Waals surface area contributed by atoms with Gasteiger partial charge in [0.05, 0.1) is 4.34 Å². The lowest BCUT2D eigenvalue weighted by molar-refractivity contribution is 0.228. The molecule has 2 heterocycles. The zero-order valence-corrected chi connectivity index (χ0v) is 14.0. The average Bonchev–Trinajstić information content (AvgIpc) is 3.00. The summed E-state index contributed by atoms with van der Waals surface area (Å²) in [6, 6.07) is 10.2. The van der Waals surface area contributed by atoms with Crippen LogP contribution in [0.1, 0.15) is 10.4 Å². The Bertz CT molecular complexity index is 601. The van der Waals surface area contributed by atoms with Gasteiger partial charge in [0.2, 0.25) is 0 Å². The lowest BCUT2D eigenvalue weighted by Gasteiger charge is -2.11. The van der Waals surface area contributed by atoms with Crippen molar-refractivity contribution in [1.82, 2.24) is 5.32 Å². The molecule has 0 spiro atoms. The molecule has 1 aromatic carbocycles. The van der Waals surface area contributed by atoms with Crippen LogP contribution in [0.3, 0.4) is 0 Å². The van der Waals surface area contributed by atoms with Gasteiger partial charge >= 0.3 is 0 Å².